The van der Waals surface area contributed by atoms with Crippen LogP contribution < -0.4 is 0 Å². The molecule has 3 aromatic carbocycles. The Morgan fingerprint density at radius 3 is 2.37 bits per heavy atom. The molecule has 2 heteroatoms. The molecule has 0 aliphatic heterocycles. The summed E-state index contributed by atoms with van der Waals surface area (Å²) in [5, 5.41) is 7.58. The Bertz CT molecular complexity index is 871. The standard InChI is InChI=1S/C17H11NO/c1-2-8-13-12(6-1)7-5-10-14(13)17-15-9-3-4-11-16(15)18-19-17/h1-11H. The molecule has 0 fully saturated rings. The van der Waals surface area contributed by atoms with E-state index in [2.05, 4.69) is 35.5 Å². The minimum absolute atomic E-state index is 0.840. The van der Waals surface area contributed by atoms with Crippen molar-refractivity contribution in [2.24, 2.45) is 0 Å². The summed E-state index contributed by atoms with van der Waals surface area (Å²) < 4.78 is 5.56. The van der Waals surface area contributed by atoms with Crippen LogP contribution in [0.1, 0.15) is 0 Å². The van der Waals surface area contributed by atoms with E-state index in [1.54, 1.807) is 0 Å². The molecule has 0 atom stereocenters. The number of rotatable bonds is 1. The van der Waals surface area contributed by atoms with Crippen LogP contribution in [-0.4, -0.2) is 5.16 Å². The lowest BCUT2D eigenvalue weighted by atomic mass is 10.0. The normalized spacial score (nSPS) is 11.2. The first kappa shape index (κ1) is 10.3. The van der Waals surface area contributed by atoms with Crippen molar-refractivity contribution in [3.63, 3.8) is 0 Å². The van der Waals surface area contributed by atoms with Gasteiger partial charge in [0.25, 0.3) is 0 Å². The van der Waals surface area contributed by atoms with Crippen LogP contribution in [0, 0.1) is 0 Å². The van der Waals surface area contributed by atoms with Gasteiger partial charge in [-0.25, -0.2) is 0 Å². The molecule has 0 bridgehead atoms. The molecule has 0 aliphatic rings. The van der Waals surface area contributed by atoms with Gasteiger partial charge in [-0.15, -0.1) is 0 Å². The van der Waals surface area contributed by atoms with Crippen molar-refractivity contribution in [2.45, 2.75) is 0 Å². The van der Waals surface area contributed by atoms with Crippen molar-refractivity contribution in [1.29, 1.82) is 0 Å². The van der Waals surface area contributed by atoms with Crippen LogP contribution in [0.2, 0.25) is 0 Å². The van der Waals surface area contributed by atoms with Gasteiger partial charge in [0.2, 0.25) is 0 Å². The maximum atomic E-state index is 5.56. The van der Waals surface area contributed by atoms with Crippen LogP contribution in [0.5, 0.6) is 0 Å². The Morgan fingerprint density at radius 1 is 0.684 bits per heavy atom. The summed E-state index contributed by atoms with van der Waals surface area (Å²) in [6, 6.07) is 22.5. The molecule has 0 amide bonds. The van der Waals surface area contributed by atoms with Crippen LogP contribution in [0.25, 0.3) is 33.0 Å². The van der Waals surface area contributed by atoms with Gasteiger partial charge in [-0.1, -0.05) is 59.8 Å². The molecule has 2 nitrogen and oxygen atoms in total. The van der Waals surface area contributed by atoms with E-state index in [4.69, 9.17) is 4.52 Å². The molecule has 90 valence electrons. The Balaban J connectivity index is 2.10. The molecule has 0 spiro atoms. The number of hydrogen-bond acceptors (Lipinski definition) is 2. The van der Waals surface area contributed by atoms with Gasteiger partial charge in [0.05, 0.1) is 0 Å². The maximum absolute atomic E-state index is 5.56. The molecule has 0 aliphatic carbocycles. The monoisotopic (exact) mass is 245 g/mol. The van der Waals surface area contributed by atoms with E-state index in [0.29, 0.717) is 0 Å². The summed E-state index contributed by atoms with van der Waals surface area (Å²) >= 11 is 0. The second kappa shape index (κ2) is 3.95. The topological polar surface area (TPSA) is 26.0 Å². The summed E-state index contributed by atoms with van der Waals surface area (Å²) in [5.74, 6) is 0.840. The first-order valence-corrected chi connectivity index (χ1v) is 6.26. The average molecular weight is 245 g/mol. The number of fused-ring (bicyclic) bond motifs is 2. The predicted octanol–water partition coefficient (Wildman–Crippen LogP) is 4.65. The van der Waals surface area contributed by atoms with E-state index in [-0.39, 0.29) is 0 Å². The first-order chi connectivity index (χ1) is 9.43. The van der Waals surface area contributed by atoms with Gasteiger partial charge >= 0.3 is 0 Å². The SMILES string of the molecule is c1ccc2c(-c3onc4ccccc34)cccc2c1. The minimum Gasteiger partial charge on any atom is -0.355 e. The zero-order valence-corrected chi connectivity index (χ0v) is 10.2. The summed E-state index contributed by atoms with van der Waals surface area (Å²) in [6.45, 7) is 0. The molecule has 1 heterocycles. The van der Waals surface area contributed by atoms with Crippen LogP contribution in [-0.2, 0) is 0 Å². The van der Waals surface area contributed by atoms with Crippen molar-refractivity contribution in [2.75, 3.05) is 0 Å². The third kappa shape index (κ3) is 1.54. The van der Waals surface area contributed by atoms with Gasteiger partial charge in [-0.05, 0) is 22.9 Å². The fourth-order valence-electron chi connectivity index (χ4n) is 2.51. The molecule has 0 radical (unpaired) electrons. The van der Waals surface area contributed by atoms with E-state index in [9.17, 15) is 0 Å². The van der Waals surface area contributed by atoms with Gasteiger partial charge in [-0.2, -0.15) is 0 Å². The molecule has 0 N–H and O–H groups in total. The van der Waals surface area contributed by atoms with Crippen molar-refractivity contribution in [1.82, 2.24) is 5.16 Å². The lowest BCUT2D eigenvalue weighted by Gasteiger charge is -2.03. The van der Waals surface area contributed by atoms with Crippen molar-refractivity contribution < 1.29 is 4.52 Å². The van der Waals surface area contributed by atoms with E-state index >= 15 is 0 Å². The molecule has 0 unspecified atom stereocenters. The highest BCUT2D eigenvalue weighted by Gasteiger charge is 2.12. The molecular weight excluding hydrogens is 234 g/mol. The fourth-order valence-corrected chi connectivity index (χ4v) is 2.51. The zero-order chi connectivity index (χ0) is 12.7. The molecule has 4 rings (SSSR count). The van der Waals surface area contributed by atoms with Crippen molar-refractivity contribution >= 4 is 21.7 Å². The lowest BCUT2D eigenvalue weighted by Crippen LogP contribution is -1.79. The van der Waals surface area contributed by atoms with E-state index in [1.807, 2.05) is 36.4 Å². The summed E-state index contributed by atoms with van der Waals surface area (Å²) in [6.07, 6.45) is 0. The number of benzene rings is 3. The third-order valence-corrected chi connectivity index (χ3v) is 3.42. The molecule has 4 aromatic rings. The van der Waals surface area contributed by atoms with Gasteiger partial charge < -0.3 is 4.52 Å². The zero-order valence-electron chi connectivity index (χ0n) is 10.2. The largest absolute Gasteiger partial charge is 0.355 e. The molecule has 1 aromatic heterocycles. The average Bonchev–Trinajstić information content (AvgIpc) is 2.90. The molecular formula is C17H11NO. The Hall–Kier alpha value is -2.61. The van der Waals surface area contributed by atoms with Crippen LogP contribution in [0.4, 0.5) is 0 Å². The second-order valence-electron chi connectivity index (χ2n) is 4.56. The van der Waals surface area contributed by atoms with E-state index in [1.165, 1.54) is 10.8 Å². The van der Waals surface area contributed by atoms with Crippen molar-refractivity contribution in [3.05, 3.63) is 66.7 Å². The number of aromatic nitrogens is 1. The Kier molecular flexibility index (Phi) is 2.15. The van der Waals surface area contributed by atoms with E-state index in [0.717, 1.165) is 22.2 Å². The number of nitrogens with zero attached hydrogens (tertiary/aromatic N) is 1. The summed E-state index contributed by atoms with van der Waals surface area (Å²) in [4.78, 5) is 0. The highest BCUT2D eigenvalue weighted by atomic mass is 16.5. The van der Waals surface area contributed by atoms with Gasteiger partial charge in [-0.3, -0.25) is 0 Å². The predicted molar refractivity (Wildman–Crippen MR) is 77.0 cm³/mol. The molecule has 19 heavy (non-hydrogen) atoms. The fraction of sp³-hybridized carbons (Fsp3) is 0. The smallest absolute Gasteiger partial charge is 0.175 e. The third-order valence-electron chi connectivity index (χ3n) is 3.42. The minimum atomic E-state index is 0.840. The lowest BCUT2D eigenvalue weighted by molar-refractivity contribution is 0.441. The van der Waals surface area contributed by atoms with Crippen LogP contribution in [0.3, 0.4) is 0 Å². The van der Waals surface area contributed by atoms with Crippen LogP contribution >= 0.6 is 0 Å². The Labute approximate surface area is 110 Å². The molecule has 0 saturated heterocycles. The van der Waals surface area contributed by atoms with E-state index < -0.39 is 0 Å². The highest BCUT2D eigenvalue weighted by Crippen LogP contribution is 2.33. The quantitative estimate of drug-likeness (QED) is 0.488. The van der Waals surface area contributed by atoms with Gasteiger partial charge in [0.1, 0.15) is 5.52 Å². The maximum Gasteiger partial charge on any atom is 0.175 e. The molecule has 0 saturated carbocycles. The van der Waals surface area contributed by atoms with Crippen LogP contribution in [0.15, 0.2) is 71.3 Å². The first-order valence-electron chi connectivity index (χ1n) is 6.26. The summed E-state index contributed by atoms with van der Waals surface area (Å²) in [7, 11) is 0. The highest BCUT2D eigenvalue weighted by molar-refractivity contribution is 6.02. The number of hydrogen-bond donors (Lipinski definition) is 0. The Morgan fingerprint density at radius 2 is 1.42 bits per heavy atom. The van der Waals surface area contributed by atoms with Gasteiger partial charge in [0.15, 0.2) is 5.76 Å². The van der Waals surface area contributed by atoms with Gasteiger partial charge in [0, 0.05) is 10.9 Å². The summed E-state index contributed by atoms with van der Waals surface area (Å²) in [5.41, 5.74) is 1.98. The second-order valence-corrected chi connectivity index (χ2v) is 4.56. The van der Waals surface area contributed by atoms with Crippen molar-refractivity contribution in [3.8, 4) is 11.3 Å².